The average molecular weight is 411 g/mol. The first-order valence-corrected chi connectivity index (χ1v) is 10.9. The lowest BCUT2D eigenvalue weighted by Crippen LogP contribution is -2.09. The smallest absolute Gasteiger partial charge is 0.339 e. The summed E-state index contributed by atoms with van der Waals surface area (Å²) in [5, 5.41) is 1.20. The molecule has 2 heterocycles. The van der Waals surface area contributed by atoms with E-state index in [0.717, 1.165) is 23.4 Å². The molecule has 31 heavy (non-hydrogen) atoms. The maximum Gasteiger partial charge on any atom is 0.339 e. The molecule has 1 aliphatic carbocycles. The van der Waals surface area contributed by atoms with Crippen molar-refractivity contribution >= 4 is 16.9 Å². The predicted octanol–water partition coefficient (Wildman–Crippen LogP) is 5.98. The Labute approximate surface area is 182 Å². The molecule has 0 saturated heterocycles. The van der Waals surface area contributed by atoms with Crippen LogP contribution < -0.4 is 0 Å². The number of pyridine rings is 1. The van der Waals surface area contributed by atoms with Crippen molar-refractivity contribution in [3.63, 3.8) is 0 Å². The van der Waals surface area contributed by atoms with Crippen LogP contribution in [0, 0.1) is 0 Å². The molecule has 0 unspecified atom stereocenters. The molecule has 0 bridgehead atoms. The van der Waals surface area contributed by atoms with E-state index in [0.29, 0.717) is 17.9 Å². The first kappa shape index (κ1) is 19.6. The molecule has 0 N–H and O–H groups in total. The highest BCUT2D eigenvalue weighted by atomic mass is 16.5. The number of aryl methyl sites for hydroxylation is 1. The van der Waals surface area contributed by atoms with Gasteiger partial charge in [0.15, 0.2) is 0 Å². The third-order valence-electron chi connectivity index (χ3n) is 6.17. The number of carbonyl (C=O) groups excluding carboxylic acids is 1. The number of fused-ring (bicyclic) bond motifs is 1. The zero-order valence-corrected chi connectivity index (χ0v) is 18.0. The van der Waals surface area contributed by atoms with Crippen molar-refractivity contribution in [1.29, 1.82) is 0 Å². The van der Waals surface area contributed by atoms with E-state index in [1.807, 2.05) is 18.3 Å². The van der Waals surface area contributed by atoms with Gasteiger partial charge in [0, 0.05) is 35.8 Å². The van der Waals surface area contributed by atoms with Crippen LogP contribution in [-0.2, 0) is 17.7 Å². The highest BCUT2D eigenvalue weighted by Crippen LogP contribution is 2.40. The number of rotatable bonds is 6. The van der Waals surface area contributed by atoms with Crippen LogP contribution in [0.3, 0.4) is 0 Å². The van der Waals surface area contributed by atoms with Crippen LogP contribution in [0.2, 0.25) is 0 Å². The SMILES string of the molecule is CCn1c(-c2ccccc2)cc2cc(Cc3ncc(C4CC4)cc3C(=O)OC)ccc21. The first-order chi connectivity index (χ1) is 15.2. The molecule has 4 aromatic rings. The number of ether oxygens (including phenoxy) is 1. The number of hydrogen-bond donors (Lipinski definition) is 0. The lowest BCUT2D eigenvalue weighted by atomic mass is 10.0. The number of methoxy groups -OCH3 is 1. The summed E-state index contributed by atoms with van der Waals surface area (Å²) in [7, 11) is 1.43. The molecule has 0 spiro atoms. The summed E-state index contributed by atoms with van der Waals surface area (Å²) in [5.74, 6) is 0.237. The van der Waals surface area contributed by atoms with E-state index < -0.39 is 0 Å². The molecule has 4 nitrogen and oxygen atoms in total. The number of esters is 1. The van der Waals surface area contributed by atoms with E-state index in [1.165, 1.54) is 42.1 Å². The van der Waals surface area contributed by atoms with Crippen molar-refractivity contribution in [2.24, 2.45) is 0 Å². The van der Waals surface area contributed by atoms with E-state index in [-0.39, 0.29) is 5.97 Å². The molecule has 0 aliphatic heterocycles. The van der Waals surface area contributed by atoms with Gasteiger partial charge in [-0.3, -0.25) is 4.98 Å². The maximum absolute atomic E-state index is 12.4. The highest BCUT2D eigenvalue weighted by molar-refractivity contribution is 5.91. The number of benzene rings is 2. The number of aromatic nitrogens is 2. The van der Waals surface area contributed by atoms with Gasteiger partial charge in [0.25, 0.3) is 0 Å². The van der Waals surface area contributed by atoms with Crippen molar-refractivity contribution in [2.45, 2.75) is 38.6 Å². The monoisotopic (exact) mass is 410 g/mol. The summed E-state index contributed by atoms with van der Waals surface area (Å²) in [6.07, 6.45) is 4.88. The molecule has 1 aliphatic rings. The van der Waals surface area contributed by atoms with Crippen LogP contribution in [0.5, 0.6) is 0 Å². The first-order valence-electron chi connectivity index (χ1n) is 10.9. The second-order valence-electron chi connectivity index (χ2n) is 8.24. The molecule has 0 atom stereocenters. The molecule has 1 fully saturated rings. The van der Waals surface area contributed by atoms with E-state index in [9.17, 15) is 4.79 Å². The lowest BCUT2D eigenvalue weighted by Gasteiger charge is -2.10. The molecular formula is C27H26N2O2. The second kappa shape index (κ2) is 8.03. The summed E-state index contributed by atoms with van der Waals surface area (Å²) >= 11 is 0. The number of carbonyl (C=O) groups is 1. The summed E-state index contributed by atoms with van der Waals surface area (Å²) in [6.45, 7) is 3.08. The van der Waals surface area contributed by atoms with Crippen molar-refractivity contribution in [3.05, 3.63) is 89.2 Å². The molecule has 5 rings (SSSR count). The average Bonchev–Trinajstić information content (AvgIpc) is 3.60. The minimum atomic E-state index is -0.311. The van der Waals surface area contributed by atoms with Crippen molar-refractivity contribution in [3.8, 4) is 11.3 Å². The summed E-state index contributed by atoms with van der Waals surface area (Å²) in [5.41, 5.74) is 7.29. The fourth-order valence-electron chi connectivity index (χ4n) is 4.39. The molecule has 4 heteroatoms. The normalized spacial score (nSPS) is 13.5. The standard InChI is InChI=1S/C27H26N2O2/c1-3-29-25-12-9-18(13-21(25)16-26(29)20-7-5-4-6-8-20)14-24-23(27(30)31-2)15-22(17-28-24)19-10-11-19/h4-9,12-13,15-17,19H,3,10-11,14H2,1-2H3. The van der Waals surface area contributed by atoms with Crippen molar-refractivity contribution < 1.29 is 9.53 Å². The van der Waals surface area contributed by atoms with Crippen LogP contribution in [0.4, 0.5) is 0 Å². The summed E-state index contributed by atoms with van der Waals surface area (Å²) in [4.78, 5) is 17.1. The number of nitrogens with zero attached hydrogens (tertiary/aromatic N) is 2. The van der Waals surface area contributed by atoms with Crippen LogP contribution in [0.1, 0.15) is 52.9 Å². The topological polar surface area (TPSA) is 44.1 Å². The molecule has 0 radical (unpaired) electrons. The lowest BCUT2D eigenvalue weighted by molar-refractivity contribution is 0.0599. The van der Waals surface area contributed by atoms with Gasteiger partial charge >= 0.3 is 5.97 Å². The Hall–Kier alpha value is -3.40. The Morgan fingerprint density at radius 2 is 1.90 bits per heavy atom. The van der Waals surface area contributed by atoms with Gasteiger partial charge in [0.05, 0.1) is 18.4 Å². The van der Waals surface area contributed by atoms with Crippen molar-refractivity contribution in [1.82, 2.24) is 9.55 Å². The fraction of sp³-hybridized carbons (Fsp3) is 0.259. The Morgan fingerprint density at radius 3 is 2.61 bits per heavy atom. The van der Waals surface area contributed by atoms with E-state index in [4.69, 9.17) is 4.74 Å². The molecule has 0 amide bonds. The largest absolute Gasteiger partial charge is 0.465 e. The van der Waals surface area contributed by atoms with Gasteiger partial charge in [0.1, 0.15) is 0 Å². The van der Waals surface area contributed by atoms with Gasteiger partial charge in [-0.1, -0.05) is 36.4 Å². The van der Waals surface area contributed by atoms with Crippen LogP contribution >= 0.6 is 0 Å². The van der Waals surface area contributed by atoms with E-state index in [2.05, 4.69) is 65.0 Å². The minimum absolute atomic E-state index is 0.311. The molecule has 2 aromatic heterocycles. The van der Waals surface area contributed by atoms with Gasteiger partial charge in [-0.2, -0.15) is 0 Å². The zero-order chi connectivity index (χ0) is 21.4. The summed E-state index contributed by atoms with van der Waals surface area (Å²) < 4.78 is 7.38. The Bertz CT molecular complexity index is 1250. The molecule has 2 aromatic carbocycles. The number of hydrogen-bond acceptors (Lipinski definition) is 3. The quantitative estimate of drug-likeness (QED) is 0.367. The van der Waals surface area contributed by atoms with Gasteiger partial charge in [-0.05, 0) is 66.6 Å². The maximum atomic E-state index is 12.4. The third-order valence-corrected chi connectivity index (χ3v) is 6.17. The van der Waals surface area contributed by atoms with E-state index >= 15 is 0 Å². The fourth-order valence-corrected chi connectivity index (χ4v) is 4.39. The van der Waals surface area contributed by atoms with Gasteiger partial charge < -0.3 is 9.30 Å². The van der Waals surface area contributed by atoms with Crippen LogP contribution in [0.15, 0.2) is 66.9 Å². The highest BCUT2D eigenvalue weighted by Gasteiger charge is 2.26. The Morgan fingerprint density at radius 1 is 1.10 bits per heavy atom. The Balaban J connectivity index is 1.52. The minimum Gasteiger partial charge on any atom is -0.465 e. The molecule has 156 valence electrons. The van der Waals surface area contributed by atoms with Crippen LogP contribution in [0.25, 0.3) is 22.2 Å². The molecule has 1 saturated carbocycles. The van der Waals surface area contributed by atoms with Crippen LogP contribution in [-0.4, -0.2) is 22.6 Å². The van der Waals surface area contributed by atoms with Gasteiger partial charge in [-0.15, -0.1) is 0 Å². The van der Waals surface area contributed by atoms with Crippen molar-refractivity contribution in [2.75, 3.05) is 7.11 Å². The second-order valence-corrected chi connectivity index (χ2v) is 8.24. The van der Waals surface area contributed by atoms with E-state index in [1.54, 1.807) is 0 Å². The summed E-state index contributed by atoms with van der Waals surface area (Å²) in [6, 6.07) is 21.2. The third kappa shape index (κ3) is 3.74. The van der Waals surface area contributed by atoms with Gasteiger partial charge in [-0.25, -0.2) is 4.79 Å². The van der Waals surface area contributed by atoms with Gasteiger partial charge in [0.2, 0.25) is 0 Å². The zero-order valence-electron chi connectivity index (χ0n) is 18.0. The predicted molar refractivity (Wildman–Crippen MR) is 123 cm³/mol. The Kier molecular flexibility index (Phi) is 5.06. The molecular weight excluding hydrogens is 384 g/mol.